The SMILES string of the molecule is O=C(O)Cc1csc(C2=C(C(=O)O)N3C(=O)C(=S)[C@@H]3SC2NC(=O)Cc2ccsc2)n1. The number of amides is 2. The van der Waals surface area contributed by atoms with Crippen molar-refractivity contribution in [3.63, 3.8) is 0 Å². The molecule has 0 radical (unpaired) electrons. The maximum absolute atomic E-state index is 12.6. The van der Waals surface area contributed by atoms with Crippen molar-refractivity contribution in [2.75, 3.05) is 0 Å². The van der Waals surface area contributed by atoms with Crippen LogP contribution in [0.25, 0.3) is 5.57 Å². The van der Waals surface area contributed by atoms with Crippen LogP contribution in [0.1, 0.15) is 16.3 Å². The summed E-state index contributed by atoms with van der Waals surface area (Å²) in [6.45, 7) is 0. The first-order valence-corrected chi connectivity index (χ1v) is 11.9. The third kappa shape index (κ3) is 4.13. The van der Waals surface area contributed by atoms with Crippen molar-refractivity contribution in [1.29, 1.82) is 0 Å². The number of rotatable bonds is 7. The number of nitrogens with zero attached hydrogens (tertiary/aromatic N) is 2. The standard InChI is InChI=1S/C18H13N3O6S4/c22-9(3-7-1-2-29-5-7)20-15-11(14-19-8(6-30-14)4-10(23)24)12(18(26)27)21-16(25)13(28)17(21)31-15/h1-2,5-6,15,17H,3-4H2,(H,20,22)(H,23,24)(H,26,27)/t15?,17-/m0/s1. The largest absolute Gasteiger partial charge is 0.481 e. The fourth-order valence-corrected chi connectivity index (χ4v) is 6.53. The van der Waals surface area contributed by atoms with Gasteiger partial charge in [0.05, 0.1) is 24.1 Å². The number of carbonyl (C=O) groups is 4. The number of thiocarbonyl (C=S) groups is 1. The average Bonchev–Trinajstić information content (AvgIpc) is 3.38. The van der Waals surface area contributed by atoms with E-state index in [0.717, 1.165) is 33.6 Å². The number of thiazole rings is 1. The molecule has 0 aromatic carbocycles. The number of carboxylic acids is 2. The van der Waals surface area contributed by atoms with Crippen LogP contribution in [-0.4, -0.2) is 59.5 Å². The van der Waals surface area contributed by atoms with Gasteiger partial charge in [0.25, 0.3) is 5.91 Å². The number of β-lactam (4-membered cyclic amide) rings is 1. The second-order valence-electron chi connectivity index (χ2n) is 6.57. The zero-order valence-electron chi connectivity index (χ0n) is 15.4. The predicted molar refractivity (Wildman–Crippen MR) is 119 cm³/mol. The minimum atomic E-state index is -1.36. The van der Waals surface area contributed by atoms with Crippen LogP contribution in [0.3, 0.4) is 0 Å². The van der Waals surface area contributed by atoms with E-state index in [0.29, 0.717) is 0 Å². The van der Waals surface area contributed by atoms with Gasteiger partial charge in [-0.25, -0.2) is 9.78 Å². The van der Waals surface area contributed by atoms with Crippen LogP contribution in [0.2, 0.25) is 0 Å². The first kappa shape index (κ1) is 21.6. The van der Waals surface area contributed by atoms with E-state index in [4.69, 9.17) is 17.3 Å². The Bertz CT molecular complexity index is 1140. The van der Waals surface area contributed by atoms with E-state index in [2.05, 4.69) is 10.3 Å². The zero-order chi connectivity index (χ0) is 22.3. The summed E-state index contributed by atoms with van der Waals surface area (Å²) in [6.07, 6.45) is -0.222. The summed E-state index contributed by atoms with van der Waals surface area (Å²) in [6, 6.07) is 1.82. The monoisotopic (exact) mass is 495 g/mol. The molecule has 2 aliphatic heterocycles. The maximum Gasteiger partial charge on any atom is 0.353 e. The predicted octanol–water partition coefficient (Wildman–Crippen LogP) is 1.60. The Morgan fingerprint density at radius 3 is 2.65 bits per heavy atom. The van der Waals surface area contributed by atoms with Crippen molar-refractivity contribution < 1.29 is 29.4 Å². The Hall–Kier alpha value is -2.61. The number of nitrogens with one attached hydrogen (secondary N) is 1. The minimum absolute atomic E-state index is 0.0885. The lowest BCUT2D eigenvalue weighted by Crippen LogP contribution is -2.63. The van der Waals surface area contributed by atoms with Crippen LogP contribution in [0.15, 0.2) is 27.9 Å². The Morgan fingerprint density at radius 2 is 2.00 bits per heavy atom. The molecule has 2 aliphatic rings. The molecule has 2 amide bonds. The van der Waals surface area contributed by atoms with Crippen LogP contribution in [-0.2, 0) is 32.0 Å². The molecule has 4 heterocycles. The number of aromatic nitrogens is 1. The molecule has 2 aromatic rings. The van der Waals surface area contributed by atoms with E-state index >= 15 is 0 Å². The third-order valence-corrected chi connectivity index (χ3v) is 8.00. The number of thioether (sulfide) groups is 1. The summed E-state index contributed by atoms with van der Waals surface area (Å²) >= 11 is 8.75. The number of carboxylic acid groups (broad SMARTS) is 2. The van der Waals surface area contributed by atoms with Gasteiger partial charge in [-0.15, -0.1) is 23.1 Å². The van der Waals surface area contributed by atoms with Crippen LogP contribution in [0.4, 0.5) is 0 Å². The molecule has 9 nitrogen and oxygen atoms in total. The van der Waals surface area contributed by atoms with E-state index in [1.165, 1.54) is 16.7 Å². The summed E-state index contributed by atoms with van der Waals surface area (Å²) in [7, 11) is 0. The average molecular weight is 496 g/mol. The summed E-state index contributed by atoms with van der Waals surface area (Å²) < 4.78 is 0. The van der Waals surface area contributed by atoms with Crippen molar-refractivity contribution in [3.8, 4) is 0 Å². The number of thiophene rings is 1. The highest BCUT2D eigenvalue weighted by Crippen LogP contribution is 2.46. The summed E-state index contributed by atoms with van der Waals surface area (Å²) in [5, 5.41) is 25.6. The van der Waals surface area contributed by atoms with Crippen LogP contribution < -0.4 is 5.32 Å². The second-order valence-corrected chi connectivity index (χ2v) is 9.83. The molecule has 160 valence electrons. The summed E-state index contributed by atoms with van der Waals surface area (Å²) in [5.41, 5.74) is 0.913. The van der Waals surface area contributed by atoms with Crippen molar-refractivity contribution in [3.05, 3.63) is 44.2 Å². The molecule has 31 heavy (non-hydrogen) atoms. The molecule has 13 heteroatoms. The molecule has 1 fully saturated rings. The van der Waals surface area contributed by atoms with E-state index in [9.17, 15) is 24.3 Å². The first-order chi connectivity index (χ1) is 14.8. The molecule has 2 atom stereocenters. The van der Waals surface area contributed by atoms with E-state index in [1.807, 2.05) is 16.8 Å². The van der Waals surface area contributed by atoms with Crippen LogP contribution in [0, 0.1) is 0 Å². The fraction of sp³-hybridized carbons (Fsp3) is 0.222. The quantitative estimate of drug-likeness (QED) is 0.386. The van der Waals surface area contributed by atoms with Crippen molar-refractivity contribution >= 4 is 80.8 Å². The Labute approximate surface area is 192 Å². The topological polar surface area (TPSA) is 137 Å². The number of hydrogen-bond donors (Lipinski definition) is 3. The van der Waals surface area contributed by atoms with Gasteiger partial charge in [-0.05, 0) is 22.4 Å². The molecule has 2 aromatic heterocycles. The number of carbonyl (C=O) groups excluding carboxylic acids is 2. The highest BCUT2D eigenvalue weighted by molar-refractivity contribution is 8.03. The lowest BCUT2D eigenvalue weighted by molar-refractivity contribution is -0.139. The molecular formula is C18H13N3O6S4. The molecule has 0 aliphatic carbocycles. The van der Waals surface area contributed by atoms with Crippen molar-refractivity contribution in [1.82, 2.24) is 15.2 Å². The van der Waals surface area contributed by atoms with Gasteiger partial charge >= 0.3 is 11.9 Å². The van der Waals surface area contributed by atoms with E-state index in [-0.39, 0.29) is 45.6 Å². The van der Waals surface area contributed by atoms with Crippen LogP contribution >= 0.6 is 46.7 Å². The lowest BCUT2D eigenvalue weighted by atomic mass is 10.1. The molecule has 3 N–H and O–H groups in total. The molecule has 0 spiro atoms. The summed E-state index contributed by atoms with van der Waals surface area (Å²) in [5.74, 6) is -3.34. The molecule has 1 saturated heterocycles. The molecular weight excluding hydrogens is 482 g/mol. The Balaban J connectivity index is 1.73. The van der Waals surface area contributed by atoms with Gasteiger partial charge in [-0.1, -0.05) is 12.2 Å². The Morgan fingerprint density at radius 1 is 1.23 bits per heavy atom. The molecule has 4 rings (SSSR count). The van der Waals surface area contributed by atoms with E-state index in [1.54, 1.807) is 0 Å². The number of fused-ring (bicyclic) bond motifs is 1. The normalized spacial score (nSPS) is 20.3. The van der Waals surface area contributed by atoms with Crippen LogP contribution in [0.5, 0.6) is 0 Å². The van der Waals surface area contributed by atoms with Gasteiger partial charge in [0.15, 0.2) is 0 Å². The van der Waals surface area contributed by atoms with Gasteiger partial charge in [-0.2, -0.15) is 11.3 Å². The van der Waals surface area contributed by atoms with Gasteiger partial charge in [-0.3, -0.25) is 19.3 Å². The maximum atomic E-state index is 12.6. The number of aliphatic carboxylic acids is 2. The van der Waals surface area contributed by atoms with Gasteiger partial charge < -0.3 is 15.5 Å². The van der Waals surface area contributed by atoms with Gasteiger partial charge in [0, 0.05) is 5.38 Å². The zero-order valence-corrected chi connectivity index (χ0v) is 18.7. The van der Waals surface area contributed by atoms with Crippen molar-refractivity contribution in [2.24, 2.45) is 0 Å². The molecule has 1 unspecified atom stereocenters. The Kier molecular flexibility index (Phi) is 5.92. The number of hydrogen-bond acceptors (Lipinski definition) is 9. The third-order valence-electron chi connectivity index (χ3n) is 4.47. The highest BCUT2D eigenvalue weighted by Gasteiger charge is 2.53. The fourth-order valence-electron chi connectivity index (χ4n) is 3.15. The summed E-state index contributed by atoms with van der Waals surface area (Å²) in [4.78, 5) is 53.5. The highest BCUT2D eigenvalue weighted by atomic mass is 32.2. The van der Waals surface area contributed by atoms with Crippen molar-refractivity contribution in [2.45, 2.75) is 23.6 Å². The molecule has 0 saturated carbocycles. The minimum Gasteiger partial charge on any atom is -0.481 e. The van der Waals surface area contributed by atoms with Gasteiger partial charge in [0.1, 0.15) is 26.3 Å². The first-order valence-electron chi connectivity index (χ1n) is 8.73. The van der Waals surface area contributed by atoms with Gasteiger partial charge in [0.2, 0.25) is 5.91 Å². The van der Waals surface area contributed by atoms with E-state index < -0.39 is 28.6 Å². The smallest absolute Gasteiger partial charge is 0.353 e. The molecule has 0 bridgehead atoms. The lowest BCUT2D eigenvalue weighted by Gasteiger charge is -2.46. The second kappa shape index (κ2) is 8.49.